The number of methoxy groups -OCH3 is 1. The Hall–Kier alpha value is -2.48. The van der Waals surface area contributed by atoms with Crippen molar-refractivity contribution in [2.24, 2.45) is 0 Å². The average molecular weight is 397 g/mol. The molecule has 0 aliphatic rings. The maximum absolute atomic E-state index is 14.1. The highest BCUT2D eigenvalue weighted by Gasteiger charge is 2.24. The predicted octanol–water partition coefficient (Wildman–Crippen LogP) is 4.16. The maximum atomic E-state index is 14.1. The Bertz CT molecular complexity index is 995. The molecule has 0 unspecified atom stereocenters. The van der Waals surface area contributed by atoms with Gasteiger partial charge < -0.3 is 4.74 Å². The molecule has 5 nitrogen and oxygen atoms in total. The molecular formula is C19H21F2NO4S. The fourth-order valence-electron chi connectivity index (χ4n) is 2.45. The average Bonchev–Trinajstić information content (AvgIpc) is 2.55. The molecule has 2 aromatic rings. The van der Waals surface area contributed by atoms with Crippen molar-refractivity contribution in [2.45, 2.75) is 38.0 Å². The van der Waals surface area contributed by atoms with Crippen LogP contribution in [0.5, 0.6) is 0 Å². The molecule has 1 N–H and O–H groups in total. The minimum Gasteiger partial charge on any atom is -0.465 e. The molecule has 0 fully saturated rings. The van der Waals surface area contributed by atoms with Gasteiger partial charge in [0.2, 0.25) is 0 Å². The highest BCUT2D eigenvalue weighted by atomic mass is 32.2. The van der Waals surface area contributed by atoms with Crippen LogP contribution in [-0.2, 0) is 20.2 Å². The van der Waals surface area contributed by atoms with Crippen LogP contribution >= 0.6 is 0 Å². The van der Waals surface area contributed by atoms with Crippen LogP contribution in [0.2, 0.25) is 0 Å². The van der Waals surface area contributed by atoms with Gasteiger partial charge in [-0.1, -0.05) is 32.9 Å². The molecule has 0 amide bonds. The molecule has 2 rings (SSSR count). The van der Waals surface area contributed by atoms with Gasteiger partial charge in [-0.25, -0.2) is 22.0 Å². The number of carbonyl (C=O) groups excluding carboxylic acids is 1. The van der Waals surface area contributed by atoms with Crippen LogP contribution in [-0.4, -0.2) is 21.5 Å². The number of ether oxygens (including phenoxy) is 1. The monoisotopic (exact) mass is 397 g/mol. The van der Waals surface area contributed by atoms with E-state index in [1.807, 2.05) is 26.8 Å². The number of esters is 1. The van der Waals surface area contributed by atoms with Gasteiger partial charge in [-0.05, 0) is 35.6 Å². The topological polar surface area (TPSA) is 72.5 Å². The van der Waals surface area contributed by atoms with E-state index < -0.39 is 38.9 Å². The summed E-state index contributed by atoms with van der Waals surface area (Å²) in [6, 6.07) is 6.21. The molecule has 0 saturated carbocycles. The summed E-state index contributed by atoms with van der Waals surface area (Å²) in [5.41, 5.74) is -0.166. The first kappa shape index (κ1) is 20.8. The molecule has 0 atom stereocenters. The van der Waals surface area contributed by atoms with Crippen molar-refractivity contribution in [3.8, 4) is 0 Å². The second-order valence-corrected chi connectivity index (χ2v) is 8.79. The molecule has 146 valence electrons. The third kappa shape index (κ3) is 4.44. The van der Waals surface area contributed by atoms with Crippen molar-refractivity contribution in [2.75, 3.05) is 11.8 Å². The van der Waals surface area contributed by atoms with Crippen LogP contribution in [0.4, 0.5) is 14.5 Å². The Kier molecular flexibility index (Phi) is 5.60. The SMILES string of the molecule is COC(=O)c1cc(NS(=O)(=O)c2cc(C(C)(C)C)ccc2C)c(F)cc1F. The van der Waals surface area contributed by atoms with Gasteiger partial charge in [-0.2, -0.15) is 0 Å². The summed E-state index contributed by atoms with van der Waals surface area (Å²) in [5, 5.41) is 0. The van der Waals surface area contributed by atoms with E-state index in [1.54, 1.807) is 13.0 Å². The van der Waals surface area contributed by atoms with E-state index in [-0.39, 0.29) is 10.3 Å². The number of sulfonamides is 1. The van der Waals surface area contributed by atoms with Crippen molar-refractivity contribution in [1.29, 1.82) is 0 Å². The Morgan fingerprint density at radius 2 is 1.70 bits per heavy atom. The Balaban J connectivity index is 2.53. The first-order valence-corrected chi connectivity index (χ1v) is 9.56. The van der Waals surface area contributed by atoms with Gasteiger partial charge >= 0.3 is 5.97 Å². The van der Waals surface area contributed by atoms with E-state index in [0.29, 0.717) is 11.6 Å². The smallest absolute Gasteiger partial charge is 0.340 e. The molecule has 27 heavy (non-hydrogen) atoms. The molecule has 0 spiro atoms. The minimum absolute atomic E-state index is 0.0294. The number of rotatable bonds is 4. The minimum atomic E-state index is -4.18. The standard InChI is InChI=1S/C19H21F2NO4S/c1-11-6-7-12(19(2,3)4)8-17(11)27(24,25)22-16-9-13(18(23)26-5)14(20)10-15(16)21/h6-10,22H,1-5H3. The number of hydrogen-bond donors (Lipinski definition) is 1. The molecule has 0 aliphatic carbocycles. The fraction of sp³-hybridized carbons (Fsp3) is 0.316. The van der Waals surface area contributed by atoms with Gasteiger partial charge in [0.05, 0.1) is 23.3 Å². The van der Waals surface area contributed by atoms with E-state index in [9.17, 15) is 22.0 Å². The number of nitrogens with one attached hydrogen (secondary N) is 1. The van der Waals surface area contributed by atoms with Gasteiger partial charge in [0, 0.05) is 6.07 Å². The summed E-state index contributed by atoms with van der Waals surface area (Å²) >= 11 is 0. The number of anilines is 1. The highest BCUT2D eigenvalue weighted by molar-refractivity contribution is 7.92. The zero-order valence-electron chi connectivity index (χ0n) is 15.7. The second-order valence-electron chi connectivity index (χ2n) is 7.14. The van der Waals surface area contributed by atoms with Crippen LogP contribution in [0, 0.1) is 18.6 Å². The zero-order valence-corrected chi connectivity index (χ0v) is 16.5. The summed E-state index contributed by atoms with van der Waals surface area (Å²) in [7, 11) is -3.14. The molecule has 0 aromatic heterocycles. The van der Waals surface area contributed by atoms with Crippen LogP contribution in [0.25, 0.3) is 0 Å². The Morgan fingerprint density at radius 1 is 1.07 bits per heavy atom. The van der Waals surface area contributed by atoms with Crippen molar-refractivity contribution < 1.29 is 26.7 Å². The summed E-state index contributed by atoms with van der Waals surface area (Å²) < 4.78 is 60.0. The lowest BCUT2D eigenvalue weighted by Crippen LogP contribution is -2.18. The third-order valence-corrected chi connectivity index (χ3v) is 5.56. The molecule has 0 radical (unpaired) electrons. The number of carbonyl (C=O) groups is 1. The molecule has 2 aromatic carbocycles. The van der Waals surface area contributed by atoms with Gasteiger partial charge in [-0.3, -0.25) is 4.72 Å². The molecule has 0 aliphatic heterocycles. The highest BCUT2D eigenvalue weighted by Crippen LogP contribution is 2.29. The number of halogens is 2. The molecule has 0 saturated heterocycles. The normalized spacial score (nSPS) is 12.0. The summed E-state index contributed by atoms with van der Waals surface area (Å²) in [6.45, 7) is 7.42. The zero-order chi connectivity index (χ0) is 20.6. The van der Waals surface area contributed by atoms with Crippen LogP contribution in [0.15, 0.2) is 35.2 Å². The van der Waals surface area contributed by atoms with Gasteiger partial charge in [0.1, 0.15) is 11.6 Å². The van der Waals surface area contributed by atoms with E-state index >= 15 is 0 Å². The van der Waals surface area contributed by atoms with Crippen LogP contribution < -0.4 is 4.72 Å². The number of hydrogen-bond acceptors (Lipinski definition) is 4. The summed E-state index contributed by atoms with van der Waals surface area (Å²) in [6.07, 6.45) is 0. The van der Waals surface area contributed by atoms with E-state index in [1.165, 1.54) is 6.07 Å². The quantitative estimate of drug-likeness (QED) is 0.787. The summed E-state index contributed by atoms with van der Waals surface area (Å²) in [4.78, 5) is 11.6. The Labute approximate surface area is 157 Å². The molecule has 8 heteroatoms. The van der Waals surface area contributed by atoms with Crippen molar-refractivity contribution in [3.63, 3.8) is 0 Å². The lowest BCUT2D eigenvalue weighted by molar-refractivity contribution is 0.0595. The van der Waals surface area contributed by atoms with Crippen molar-refractivity contribution in [1.82, 2.24) is 0 Å². The molecule has 0 heterocycles. The van der Waals surface area contributed by atoms with Gasteiger partial charge in [0.15, 0.2) is 0 Å². The van der Waals surface area contributed by atoms with Gasteiger partial charge in [0.25, 0.3) is 10.0 Å². The Morgan fingerprint density at radius 3 is 2.26 bits per heavy atom. The molecular weight excluding hydrogens is 376 g/mol. The van der Waals surface area contributed by atoms with Crippen molar-refractivity contribution in [3.05, 3.63) is 58.7 Å². The number of benzene rings is 2. The second kappa shape index (κ2) is 7.26. The molecule has 0 bridgehead atoms. The predicted molar refractivity (Wildman–Crippen MR) is 98.4 cm³/mol. The first-order valence-electron chi connectivity index (χ1n) is 8.08. The first-order chi connectivity index (χ1) is 12.4. The van der Waals surface area contributed by atoms with Gasteiger partial charge in [-0.15, -0.1) is 0 Å². The van der Waals surface area contributed by atoms with E-state index in [4.69, 9.17) is 0 Å². The lowest BCUT2D eigenvalue weighted by atomic mass is 9.87. The maximum Gasteiger partial charge on any atom is 0.340 e. The van der Waals surface area contributed by atoms with Crippen LogP contribution in [0.3, 0.4) is 0 Å². The summed E-state index contributed by atoms with van der Waals surface area (Å²) in [5.74, 6) is -3.33. The van der Waals surface area contributed by atoms with Crippen molar-refractivity contribution >= 4 is 21.7 Å². The van der Waals surface area contributed by atoms with Crippen LogP contribution in [0.1, 0.15) is 42.3 Å². The largest absolute Gasteiger partial charge is 0.465 e. The van der Waals surface area contributed by atoms with E-state index in [2.05, 4.69) is 9.46 Å². The third-order valence-electron chi connectivity index (χ3n) is 4.05. The lowest BCUT2D eigenvalue weighted by Gasteiger charge is -2.21. The van der Waals surface area contributed by atoms with E-state index in [0.717, 1.165) is 18.7 Å². The number of aryl methyl sites for hydroxylation is 1. The fourth-order valence-corrected chi connectivity index (χ4v) is 3.78.